The number of nitrogens with zero attached hydrogens (tertiary/aromatic N) is 1. The maximum Gasteiger partial charge on any atom is 0.278 e. The number of methoxy groups -OCH3 is 1. The van der Waals surface area contributed by atoms with Crippen LogP contribution in [-0.4, -0.2) is 54.6 Å². The van der Waals surface area contributed by atoms with Gasteiger partial charge in [-0.25, -0.2) is 5.48 Å². The van der Waals surface area contributed by atoms with E-state index in [-0.39, 0.29) is 5.56 Å². The normalized spacial score (nSPS) is 12.2. The van der Waals surface area contributed by atoms with E-state index >= 15 is 0 Å². The Morgan fingerprint density at radius 1 is 1.17 bits per heavy atom. The summed E-state index contributed by atoms with van der Waals surface area (Å²) in [5.74, 6) is 4.21. The molecule has 0 saturated heterocycles. The van der Waals surface area contributed by atoms with E-state index < -0.39 is 23.3 Å². The van der Waals surface area contributed by atoms with Crippen LogP contribution in [-0.2, 0) is 20.9 Å². The molecule has 1 heterocycles. The summed E-state index contributed by atoms with van der Waals surface area (Å²) in [6.45, 7) is 1.59. The summed E-state index contributed by atoms with van der Waals surface area (Å²) in [7, 11) is 4.20. The average Bonchev–Trinajstić information content (AvgIpc) is 3.22. The number of likely N-dealkylation sites (N-methyl/N-ethyl adjacent to an activating group) is 2. The number of amides is 3. The lowest BCUT2D eigenvalue weighted by Gasteiger charge is -2.34. The molecule has 2 aromatic rings. The monoisotopic (exact) mass is 413 g/mol. The SMILES string of the molecule is CNC(=O)[C@@](C)(C(=O)NO)N(C)C(=O)c1ccc(C#Cc2coc(COC)c2)cc1. The highest BCUT2D eigenvalue weighted by Gasteiger charge is 2.47. The molecule has 0 radical (unpaired) electrons. The fourth-order valence-electron chi connectivity index (χ4n) is 2.66. The van der Waals surface area contributed by atoms with Crippen molar-refractivity contribution in [1.82, 2.24) is 15.7 Å². The molecule has 1 aromatic heterocycles. The minimum absolute atomic E-state index is 0.245. The van der Waals surface area contributed by atoms with Crippen LogP contribution in [0.5, 0.6) is 0 Å². The van der Waals surface area contributed by atoms with Crippen LogP contribution in [0.1, 0.15) is 34.2 Å². The van der Waals surface area contributed by atoms with Gasteiger partial charge in [0, 0.05) is 32.3 Å². The molecule has 0 aliphatic rings. The molecule has 3 N–H and O–H groups in total. The predicted octanol–water partition coefficient (Wildman–Crippen LogP) is 0.908. The molecule has 3 amide bonds. The molecule has 0 spiro atoms. The highest BCUT2D eigenvalue weighted by Crippen LogP contribution is 2.18. The summed E-state index contributed by atoms with van der Waals surface area (Å²) in [6, 6.07) is 8.14. The van der Waals surface area contributed by atoms with E-state index in [9.17, 15) is 14.4 Å². The first kappa shape index (κ1) is 22.7. The maximum absolute atomic E-state index is 12.8. The van der Waals surface area contributed by atoms with Gasteiger partial charge in [0.1, 0.15) is 18.6 Å². The van der Waals surface area contributed by atoms with E-state index in [0.717, 1.165) is 4.90 Å². The Labute approximate surface area is 174 Å². The van der Waals surface area contributed by atoms with Gasteiger partial charge >= 0.3 is 0 Å². The number of hydroxylamine groups is 1. The number of hydrogen-bond donors (Lipinski definition) is 3. The topological polar surface area (TPSA) is 121 Å². The molecule has 30 heavy (non-hydrogen) atoms. The minimum Gasteiger partial charge on any atom is -0.466 e. The molecular formula is C21H23N3O6. The number of rotatable bonds is 6. The fraction of sp³-hybridized carbons (Fsp3) is 0.286. The summed E-state index contributed by atoms with van der Waals surface area (Å²) in [5, 5.41) is 11.3. The Bertz CT molecular complexity index is 968. The summed E-state index contributed by atoms with van der Waals surface area (Å²) < 4.78 is 10.3. The van der Waals surface area contributed by atoms with Gasteiger partial charge < -0.3 is 19.4 Å². The lowest BCUT2D eigenvalue weighted by atomic mass is 9.96. The third-order valence-electron chi connectivity index (χ3n) is 4.61. The van der Waals surface area contributed by atoms with Crippen LogP contribution in [0.15, 0.2) is 41.0 Å². The molecule has 0 saturated carbocycles. The maximum atomic E-state index is 12.8. The van der Waals surface area contributed by atoms with E-state index in [1.165, 1.54) is 44.9 Å². The van der Waals surface area contributed by atoms with Crippen LogP contribution in [0.4, 0.5) is 0 Å². The number of carbonyl (C=O) groups excluding carboxylic acids is 3. The van der Waals surface area contributed by atoms with Crippen LogP contribution in [0.3, 0.4) is 0 Å². The molecule has 0 unspecified atom stereocenters. The smallest absolute Gasteiger partial charge is 0.278 e. The van der Waals surface area contributed by atoms with Gasteiger partial charge in [-0.1, -0.05) is 11.8 Å². The second kappa shape index (κ2) is 9.73. The van der Waals surface area contributed by atoms with Crippen molar-refractivity contribution in [2.75, 3.05) is 21.2 Å². The standard InChI is InChI=1S/C21H23N3O6/c1-21(19(26)22-2,20(27)23-28)24(3)18(25)16-9-7-14(8-10-16)5-6-15-11-17(13-29-4)30-12-15/h7-12,28H,13H2,1-4H3,(H,22,26)(H,23,27)/t21-/m0/s1. The van der Waals surface area contributed by atoms with E-state index in [1.54, 1.807) is 25.3 Å². The molecule has 0 aliphatic carbocycles. The highest BCUT2D eigenvalue weighted by molar-refractivity contribution is 6.12. The Hall–Kier alpha value is -3.61. The average molecular weight is 413 g/mol. The summed E-state index contributed by atoms with van der Waals surface area (Å²) >= 11 is 0. The molecule has 1 aromatic carbocycles. The van der Waals surface area contributed by atoms with Crippen molar-refractivity contribution < 1.29 is 28.7 Å². The second-order valence-corrected chi connectivity index (χ2v) is 6.52. The first-order chi connectivity index (χ1) is 14.3. The van der Waals surface area contributed by atoms with Gasteiger partial charge in [0.15, 0.2) is 5.54 Å². The van der Waals surface area contributed by atoms with E-state index in [0.29, 0.717) is 23.5 Å². The summed E-state index contributed by atoms with van der Waals surface area (Å²) in [6.07, 6.45) is 1.53. The molecule has 158 valence electrons. The van der Waals surface area contributed by atoms with Crippen molar-refractivity contribution in [3.63, 3.8) is 0 Å². The fourth-order valence-corrected chi connectivity index (χ4v) is 2.66. The van der Waals surface area contributed by atoms with Gasteiger partial charge in [-0.05, 0) is 37.3 Å². The van der Waals surface area contributed by atoms with E-state index in [1.807, 2.05) is 0 Å². The van der Waals surface area contributed by atoms with E-state index in [4.69, 9.17) is 14.4 Å². The van der Waals surface area contributed by atoms with E-state index in [2.05, 4.69) is 17.2 Å². The van der Waals surface area contributed by atoms with Gasteiger partial charge in [-0.15, -0.1) is 0 Å². The van der Waals surface area contributed by atoms with Crippen molar-refractivity contribution in [2.45, 2.75) is 19.1 Å². The molecular weight excluding hydrogens is 390 g/mol. The molecule has 0 fully saturated rings. The zero-order valence-electron chi connectivity index (χ0n) is 17.1. The van der Waals surface area contributed by atoms with Crippen molar-refractivity contribution in [3.8, 4) is 11.8 Å². The Morgan fingerprint density at radius 3 is 2.37 bits per heavy atom. The van der Waals surface area contributed by atoms with Crippen LogP contribution in [0, 0.1) is 11.8 Å². The number of nitrogens with one attached hydrogen (secondary N) is 2. The van der Waals surface area contributed by atoms with Crippen molar-refractivity contribution in [3.05, 3.63) is 59.0 Å². The third-order valence-corrected chi connectivity index (χ3v) is 4.61. The largest absolute Gasteiger partial charge is 0.466 e. The molecule has 0 aliphatic heterocycles. The zero-order chi connectivity index (χ0) is 22.3. The second-order valence-electron chi connectivity index (χ2n) is 6.52. The van der Waals surface area contributed by atoms with Crippen molar-refractivity contribution in [2.24, 2.45) is 0 Å². The number of furan rings is 1. The summed E-state index contributed by atoms with van der Waals surface area (Å²) in [4.78, 5) is 38.1. The van der Waals surface area contributed by atoms with Crippen LogP contribution >= 0.6 is 0 Å². The Kier molecular flexibility index (Phi) is 7.36. The highest BCUT2D eigenvalue weighted by atomic mass is 16.5. The summed E-state index contributed by atoms with van der Waals surface area (Å²) in [5.41, 5.74) is 1.08. The number of benzene rings is 1. The molecule has 1 atom stereocenters. The van der Waals surface area contributed by atoms with Gasteiger partial charge in [0.2, 0.25) is 0 Å². The minimum atomic E-state index is -1.94. The van der Waals surface area contributed by atoms with Crippen molar-refractivity contribution >= 4 is 17.7 Å². The van der Waals surface area contributed by atoms with Crippen LogP contribution in [0.2, 0.25) is 0 Å². The quantitative estimate of drug-likeness (QED) is 0.280. The van der Waals surface area contributed by atoms with Gasteiger partial charge in [0.05, 0.1) is 5.56 Å². The number of ether oxygens (including phenoxy) is 1. The first-order valence-corrected chi connectivity index (χ1v) is 8.91. The van der Waals surface area contributed by atoms with Gasteiger partial charge in [-0.2, -0.15) is 0 Å². The van der Waals surface area contributed by atoms with Crippen LogP contribution < -0.4 is 10.8 Å². The predicted molar refractivity (Wildman–Crippen MR) is 106 cm³/mol. The van der Waals surface area contributed by atoms with Crippen LogP contribution in [0.25, 0.3) is 0 Å². The number of carbonyl (C=O) groups is 3. The Morgan fingerprint density at radius 2 is 1.80 bits per heavy atom. The molecule has 9 heteroatoms. The lowest BCUT2D eigenvalue weighted by Crippen LogP contribution is -2.64. The van der Waals surface area contributed by atoms with Gasteiger partial charge in [-0.3, -0.25) is 19.6 Å². The van der Waals surface area contributed by atoms with Crippen molar-refractivity contribution in [1.29, 1.82) is 0 Å². The first-order valence-electron chi connectivity index (χ1n) is 8.91. The molecule has 2 rings (SSSR count). The van der Waals surface area contributed by atoms with Gasteiger partial charge in [0.25, 0.3) is 17.7 Å². The number of hydrogen-bond acceptors (Lipinski definition) is 6. The molecule has 9 nitrogen and oxygen atoms in total. The zero-order valence-corrected chi connectivity index (χ0v) is 17.1. The third kappa shape index (κ3) is 4.68. The molecule has 0 bridgehead atoms. The Balaban J connectivity index is 2.20. The lowest BCUT2D eigenvalue weighted by molar-refractivity contribution is -0.148.